The lowest BCUT2D eigenvalue weighted by molar-refractivity contribution is -0.185. The Morgan fingerprint density at radius 1 is 0.838 bits per heavy atom. The minimum atomic E-state index is -2.76. The molecule has 4 rings (SSSR count). The van der Waals surface area contributed by atoms with Crippen LogP contribution in [0.2, 0.25) is 0 Å². The van der Waals surface area contributed by atoms with Crippen LogP contribution in [0.3, 0.4) is 0 Å². The van der Waals surface area contributed by atoms with Crippen LogP contribution in [0.15, 0.2) is 78.9 Å². The molecular weight excluding hydrogens is 472 g/mol. The number of hydrogen-bond donors (Lipinski definition) is 2. The maximum absolute atomic E-state index is 13.2. The van der Waals surface area contributed by atoms with Gasteiger partial charge in [-0.3, -0.25) is 4.79 Å². The molecule has 0 unspecified atom stereocenters. The first kappa shape index (κ1) is 25.7. The first-order chi connectivity index (χ1) is 17.8. The molecule has 8 heteroatoms. The molecule has 0 atom stereocenters. The van der Waals surface area contributed by atoms with Crippen molar-refractivity contribution in [2.75, 3.05) is 18.5 Å². The molecule has 0 fully saturated rings. The second-order valence-electron chi connectivity index (χ2n) is 8.31. The summed E-state index contributed by atoms with van der Waals surface area (Å²) in [4.78, 5) is 39.4. The zero-order valence-electron chi connectivity index (χ0n) is 20.9. The van der Waals surface area contributed by atoms with Crippen LogP contribution >= 0.6 is 0 Å². The lowest BCUT2D eigenvalue weighted by Crippen LogP contribution is -2.48. The number of para-hydroxylation sites is 3. The van der Waals surface area contributed by atoms with Crippen LogP contribution in [-0.4, -0.2) is 40.7 Å². The topological polar surface area (TPSA) is 107 Å². The van der Waals surface area contributed by atoms with E-state index in [0.717, 1.165) is 0 Å². The molecule has 0 aliphatic rings. The minimum Gasteiger partial charge on any atom is -0.463 e. The molecule has 1 heterocycles. The Kier molecular flexibility index (Phi) is 7.40. The Balaban J connectivity index is 2.00. The number of esters is 2. The molecule has 0 aliphatic heterocycles. The van der Waals surface area contributed by atoms with Crippen LogP contribution < -0.4 is 5.32 Å². The molecule has 0 saturated carbocycles. The van der Waals surface area contributed by atoms with Crippen LogP contribution in [0.5, 0.6) is 0 Å². The molecule has 0 bridgehead atoms. The quantitative estimate of drug-likeness (QED) is 0.272. The number of carbonyl (C=O) groups excluding carboxylic acids is 3. The Hall–Kier alpha value is -4.43. The van der Waals surface area contributed by atoms with Gasteiger partial charge in [0.1, 0.15) is 0 Å². The number of aliphatic hydroxyl groups is 1. The van der Waals surface area contributed by atoms with Gasteiger partial charge in [-0.25, -0.2) is 9.59 Å². The van der Waals surface area contributed by atoms with Crippen LogP contribution in [0.1, 0.15) is 35.5 Å². The number of ether oxygens (including phenoxy) is 2. The predicted octanol–water partition coefficient (Wildman–Crippen LogP) is 4.51. The van der Waals surface area contributed by atoms with Crippen molar-refractivity contribution < 1.29 is 29.0 Å². The second kappa shape index (κ2) is 10.7. The third-order valence-electron chi connectivity index (χ3n) is 6.04. The maximum atomic E-state index is 13.2. The number of aromatic nitrogens is 1. The minimum absolute atomic E-state index is 0.0213. The van der Waals surface area contributed by atoms with Crippen molar-refractivity contribution in [3.63, 3.8) is 0 Å². The highest BCUT2D eigenvalue weighted by atomic mass is 16.6. The third kappa shape index (κ3) is 4.59. The van der Waals surface area contributed by atoms with E-state index in [1.807, 2.05) is 18.2 Å². The van der Waals surface area contributed by atoms with Crippen molar-refractivity contribution >= 4 is 34.4 Å². The standard InChI is InChI=1S/C29H28N2O6/c1-4-36-27(33)29(35,28(34)37-5-2)25-19(3)21-15-9-11-17-23(21)31(25)24-18-12-10-16-22(24)30-26(32)20-13-7-6-8-14-20/h6-18,35H,4-5H2,1-3H3,(H,30,32). The fourth-order valence-corrected chi connectivity index (χ4v) is 4.39. The summed E-state index contributed by atoms with van der Waals surface area (Å²) >= 11 is 0. The van der Waals surface area contributed by atoms with E-state index in [-0.39, 0.29) is 24.8 Å². The summed E-state index contributed by atoms with van der Waals surface area (Å²) in [7, 11) is 0. The zero-order valence-corrected chi connectivity index (χ0v) is 20.9. The number of carbonyl (C=O) groups is 3. The fourth-order valence-electron chi connectivity index (χ4n) is 4.39. The average molecular weight is 501 g/mol. The van der Waals surface area contributed by atoms with Gasteiger partial charge in [-0.05, 0) is 56.7 Å². The summed E-state index contributed by atoms with van der Waals surface area (Å²) in [6, 6.07) is 22.9. The van der Waals surface area contributed by atoms with Crippen molar-refractivity contribution in [3.8, 4) is 5.69 Å². The van der Waals surface area contributed by atoms with Gasteiger partial charge in [-0.1, -0.05) is 48.5 Å². The first-order valence-electron chi connectivity index (χ1n) is 12.0. The summed E-state index contributed by atoms with van der Waals surface area (Å²) in [5, 5.41) is 15.4. The third-order valence-corrected chi connectivity index (χ3v) is 6.04. The van der Waals surface area contributed by atoms with Crippen LogP contribution in [-0.2, 0) is 24.7 Å². The van der Waals surface area contributed by atoms with E-state index in [0.29, 0.717) is 33.4 Å². The second-order valence-corrected chi connectivity index (χ2v) is 8.31. The molecule has 0 radical (unpaired) electrons. The molecular formula is C29H28N2O6. The molecule has 37 heavy (non-hydrogen) atoms. The van der Waals surface area contributed by atoms with E-state index in [1.165, 1.54) is 0 Å². The zero-order chi connectivity index (χ0) is 26.6. The van der Waals surface area contributed by atoms with Crippen molar-refractivity contribution in [1.29, 1.82) is 0 Å². The monoisotopic (exact) mass is 500 g/mol. The highest BCUT2D eigenvalue weighted by Crippen LogP contribution is 2.39. The molecule has 1 aromatic heterocycles. The fraction of sp³-hybridized carbons (Fsp3) is 0.207. The Bertz CT molecular complexity index is 1440. The van der Waals surface area contributed by atoms with Crippen LogP contribution in [0.25, 0.3) is 16.6 Å². The van der Waals surface area contributed by atoms with Crippen molar-refractivity contribution in [2.24, 2.45) is 0 Å². The molecule has 8 nitrogen and oxygen atoms in total. The van der Waals surface area contributed by atoms with Gasteiger partial charge in [-0.2, -0.15) is 0 Å². The van der Waals surface area contributed by atoms with E-state index in [1.54, 1.807) is 86.0 Å². The van der Waals surface area contributed by atoms with Gasteiger partial charge in [0.15, 0.2) is 0 Å². The van der Waals surface area contributed by atoms with Gasteiger partial charge in [0.05, 0.1) is 35.8 Å². The number of nitrogens with one attached hydrogen (secondary N) is 1. The summed E-state index contributed by atoms with van der Waals surface area (Å²) in [6.45, 7) is 4.77. The summed E-state index contributed by atoms with van der Waals surface area (Å²) in [5.74, 6) is -2.63. The molecule has 3 aromatic carbocycles. The molecule has 1 amide bonds. The number of hydrogen-bond acceptors (Lipinski definition) is 6. The predicted molar refractivity (Wildman–Crippen MR) is 140 cm³/mol. The van der Waals surface area contributed by atoms with Gasteiger partial charge in [-0.15, -0.1) is 0 Å². The van der Waals surface area contributed by atoms with Crippen molar-refractivity contribution in [1.82, 2.24) is 4.57 Å². The Morgan fingerprint density at radius 2 is 1.41 bits per heavy atom. The van der Waals surface area contributed by atoms with Crippen LogP contribution in [0, 0.1) is 6.92 Å². The van der Waals surface area contributed by atoms with E-state index in [2.05, 4.69) is 5.32 Å². The Labute approximate surface area is 214 Å². The number of fused-ring (bicyclic) bond motifs is 1. The summed E-state index contributed by atoms with van der Waals surface area (Å²) < 4.78 is 11.9. The lowest BCUT2D eigenvalue weighted by Gasteiger charge is -2.27. The highest BCUT2D eigenvalue weighted by Gasteiger charge is 2.53. The summed E-state index contributed by atoms with van der Waals surface area (Å²) in [6.07, 6.45) is 0. The first-order valence-corrected chi connectivity index (χ1v) is 12.0. The van der Waals surface area contributed by atoms with Crippen LogP contribution in [0.4, 0.5) is 5.69 Å². The normalized spacial score (nSPS) is 11.2. The van der Waals surface area contributed by atoms with Gasteiger partial charge >= 0.3 is 17.5 Å². The van der Waals surface area contributed by atoms with Gasteiger partial charge < -0.3 is 24.5 Å². The number of anilines is 1. The van der Waals surface area contributed by atoms with Crippen molar-refractivity contribution in [3.05, 3.63) is 95.7 Å². The number of rotatable bonds is 8. The van der Waals surface area contributed by atoms with Gasteiger partial charge in [0.25, 0.3) is 5.91 Å². The molecule has 0 aliphatic carbocycles. The maximum Gasteiger partial charge on any atom is 0.356 e. The van der Waals surface area contributed by atoms with Crippen molar-refractivity contribution in [2.45, 2.75) is 26.4 Å². The average Bonchev–Trinajstić information content (AvgIpc) is 3.21. The van der Waals surface area contributed by atoms with Gasteiger partial charge in [0, 0.05) is 10.9 Å². The smallest absolute Gasteiger partial charge is 0.356 e. The number of amides is 1. The molecule has 2 N–H and O–H groups in total. The van der Waals surface area contributed by atoms with E-state index in [4.69, 9.17) is 9.47 Å². The van der Waals surface area contributed by atoms with Gasteiger partial charge in [0.2, 0.25) is 0 Å². The van der Waals surface area contributed by atoms with E-state index >= 15 is 0 Å². The largest absolute Gasteiger partial charge is 0.463 e. The SMILES string of the molecule is CCOC(=O)C(O)(C(=O)OCC)c1c(C)c2ccccc2n1-c1ccccc1NC(=O)c1ccccc1. The number of nitrogens with zero attached hydrogens (tertiary/aromatic N) is 1. The molecule has 0 saturated heterocycles. The highest BCUT2D eigenvalue weighted by molar-refractivity contribution is 6.07. The van der Waals surface area contributed by atoms with E-state index < -0.39 is 17.5 Å². The Morgan fingerprint density at radius 3 is 2.05 bits per heavy atom. The molecule has 4 aromatic rings. The number of benzene rings is 3. The number of aryl methyl sites for hydroxylation is 1. The lowest BCUT2D eigenvalue weighted by atomic mass is 9.95. The summed E-state index contributed by atoms with van der Waals surface area (Å²) in [5.41, 5.74) is -0.364. The molecule has 190 valence electrons. The van der Waals surface area contributed by atoms with E-state index in [9.17, 15) is 19.5 Å². The molecule has 0 spiro atoms.